The van der Waals surface area contributed by atoms with Crippen LogP contribution in [0.1, 0.15) is 47.7 Å². The zero-order valence-corrected chi connectivity index (χ0v) is 17.4. The van der Waals surface area contributed by atoms with Gasteiger partial charge in [-0.25, -0.2) is 8.42 Å². The lowest BCUT2D eigenvalue weighted by molar-refractivity contribution is -0.125. The van der Waals surface area contributed by atoms with Crippen molar-refractivity contribution >= 4 is 15.9 Å². The molecule has 0 saturated carbocycles. The van der Waals surface area contributed by atoms with Crippen LogP contribution in [0.25, 0.3) is 0 Å². The van der Waals surface area contributed by atoms with Gasteiger partial charge in [-0.05, 0) is 42.5 Å². The summed E-state index contributed by atoms with van der Waals surface area (Å²) < 4.78 is 25.3. The average molecular weight is 389 g/mol. The minimum atomic E-state index is -3.54. The van der Waals surface area contributed by atoms with E-state index in [1.165, 1.54) is 12.6 Å². The highest BCUT2D eigenvalue weighted by molar-refractivity contribution is 7.88. The normalized spacial score (nSPS) is 14.0. The van der Waals surface area contributed by atoms with E-state index >= 15 is 0 Å². The van der Waals surface area contributed by atoms with Gasteiger partial charge in [-0.1, -0.05) is 55.5 Å². The Morgan fingerprint density at radius 3 is 2.19 bits per heavy atom. The van der Waals surface area contributed by atoms with Crippen LogP contribution in [0.4, 0.5) is 0 Å². The molecule has 2 aromatic rings. The van der Waals surface area contributed by atoms with Crippen LogP contribution in [-0.4, -0.2) is 31.9 Å². The van der Waals surface area contributed by atoms with E-state index in [1.807, 2.05) is 39.0 Å². The molecule has 0 radical (unpaired) electrons. The van der Waals surface area contributed by atoms with Crippen LogP contribution in [0, 0.1) is 13.8 Å². The van der Waals surface area contributed by atoms with E-state index < -0.39 is 16.1 Å². The molecule has 146 valence electrons. The summed E-state index contributed by atoms with van der Waals surface area (Å²) >= 11 is 0. The molecule has 0 heterocycles. The first kappa shape index (κ1) is 21.1. The van der Waals surface area contributed by atoms with Crippen LogP contribution < -0.4 is 5.32 Å². The average Bonchev–Trinajstić information content (AvgIpc) is 2.62. The van der Waals surface area contributed by atoms with Crippen molar-refractivity contribution in [1.82, 2.24) is 9.62 Å². The van der Waals surface area contributed by atoms with Gasteiger partial charge in [0.25, 0.3) is 0 Å². The number of amides is 1. The third kappa shape index (κ3) is 5.17. The number of nitrogens with zero attached hydrogens (tertiary/aromatic N) is 1. The van der Waals surface area contributed by atoms with Gasteiger partial charge >= 0.3 is 0 Å². The molecular weight excluding hydrogens is 360 g/mol. The van der Waals surface area contributed by atoms with Crippen LogP contribution in [0.5, 0.6) is 0 Å². The smallest absolute Gasteiger partial charge is 0.243 e. The molecule has 0 aliphatic heterocycles. The number of benzene rings is 2. The van der Waals surface area contributed by atoms with E-state index in [2.05, 4.69) is 11.4 Å². The van der Waals surface area contributed by atoms with Gasteiger partial charge in [0.2, 0.25) is 15.9 Å². The maximum atomic E-state index is 13.1. The van der Waals surface area contributed by atoms with Gasteiger partial charge in [-0.15, -0.1) is 0 Å². The summed E-state index contributed by atoms with van der Waals surface area (Å²) in [5.74, 6) is -0.334. The van der Waals surface area contributed by atoms with E-state index in [-0.39, 0.29) is 11.9 Å². The lowest BCUT2D eigenvalue weighted by Gasteiger charge is -2.28. The van der Waals surface area contributed by atoms with E-state index in [9.17, 15) is 13.2 Å². The summed E-state index contributed by atoms with van der Waals surface area (Å²) in [4.78, 5) is 13.1. The van der Waals surface area contributed by atoms with Crippen molar-refractivity contribution < 1.29 is 13.2 Å². The first-order valence-corrected chi connectivity index (χ1v) is 10.9. The summed E-state index contributed by atoms with van der Waals surface area (Å²) in [6.45, 7) is 6.08. The van der Waals surface area contributed by atoms with E-state index in [4.69, 9.17) is 0 Å². The molecule has 2 atom stereocenters. The second-order valence-electron chi connectivity index (χ2n) is 6.91. The maximum Gasteiger partial charge on any atom is 0.243 e. The molecule has 2 unspecified atom stereocenters. The monoisotopic (exact) mass is 388 g/mol. The van der Waals surface area contributed by atoms with Crippen molar-refractivity contribution in [3.8, 4) is 0 Å². The fourth-order valence-corrected chi connectivity index (χ4v) is 3.61. The molecule has 0 aromatic heterocycles. The molecule has 5 nitrogen and oxygen atoms in total. The maximum absolute atomic E-state index is 13.1. The molecule has 0 bridgehead atoms. The summed E-state index contributed by atoms with van der Waals surface area (Å²) in [6.07, 6.45) is 1.81. The largest absolute Gasteiger partial charge is 0.348 e. The molecule has 0 fully saturated rings. The van der Waals surface area contributed by atoms with Crippen molar-refractivity contribution in [2.24, 2.45) is 0 Å². The Labute approximate surface area is 162 Å². The second kappa shape index (κ2) is 8.67. The Morgan fingerprint density at radius 2 is 1.67 bits per heavy atom. The predicted octanol–water partition coefficient (Wildman–Crippen LogP) is 3.50. The second-order valence-corrected chi connectivity index (χ2v) is 8.95. The third-order valence-corrected chi connectivity index (χ3v) is 6.17. The molecule has 1 amide bonds. The predicted molar refractivity (Wildman–Crippen MR) is 109 cm³/mol. The Kier molecular flexibility index (Phi) is 6.78. The van der Waals surface area contributed by atoms with Crippen molar-refractivity contribution in [1.29, 1.82) is 0 Å². The van der Waals surface area contributed by atoms with Crippen molar-refractivity contribution in [3.05, 3.63) is 70.8 Å². The highest BCUT2D eigenvalue weighted by atomic mass is 32.2. The van der Waals surface area contributed by atoms with Gasteiger partial charge in [0, 0.05) is 7.05 Å². The Morgan fingerprint density at radius 1 is 1.04 bits per heavy atom. The summed E-state index contributed by atoms with van der Waals surface area (Å²) in [5, 5.41) is 3.04. The number of likely N-dealkylation sites (N-methyl/N-ethyl adjacent to an activating group) is 1. The number of sulfonamides is 1. The van der Waals surface area contributed by atoms with E-state index in [0.29, 0.717) is 12.0 Å². The zero-order chi connectivity index (χ0) is 20.2. The fraction of sp³-hybridized carbons (Fsp3) is 0.381. The molecule has 0 aliphatic rings. The number of carbonyl (C=O) groups excluding carboxylic acids is 1. The standard InChI is InChI=1S/C21H28N2O3S/c1-6-19(18-13-12-15(2)16(3)14-18)22-21(24)20(23(4)27(5,25)26)17-10-8-7-9-11-17/h7-14,19-20H,6H2,1-5H3,(H,22,24). The Bertz CT molecular complexity index is 895. The lowest BCUT2D eigenvalue weighted by Crippen LogP contribution is -2.42. The zero-order valence-electron chi connectivity index (χ0n) is 16.6. The molecule has 0 spiro atoms. The van der Waals surface area contributed by atoms with Crippen LogP contribution >= 0.6 is 0 Å². The topological polar surface area (TPSA) is 66.5 Å². The summed E-state index contributed by atoms with van der Waals surface area (Å²) in [7, 11) is -2.11. The van der Waals surface area contributed by atoms with Gasteiger partial charge in [0.15, 0.2) is 0 Å². The fourth-order valence-electron chi connectivity index (χ4n) is 3.01. The lowest BCUT2D eigenvalue weighted by atomic mass is 9.98. The number of hydrogen-bond acceptors (Lipinski definition) is 3. The molecule has 6 heteroatoms. The van der Waals surface area contributed by atoms with E-state index in [1.54, 1.807) is 24.3 Å². The highest BCUT2D eigenvalue weighted by Crippen LogP contribution is 2.25. The SMILES string of the molecule is CCC(NC(=O)C(c1ccccc1)N(C)S(C)(=O)=O)c1ccc(C)c(C)c1. The van der Waals surface area contributed by atoms with Gasteiger partial charge in [0.05, 0.1) is 12.3 Å². The molecule has 1 N–H and O–H groups in total. The summed E-state index contributed by atoms with van der Waals surface area (Å²) in [5.41, 5.74) is 4.01. The number of nitrogens with one attached hydrogen (secondary N) is 1. The molecular formula is C21H28N2O3S. The Hall–Kier alpha value is -2.18. The minimum Gasteiger partial charge on any atom is -0.348 e. The van der Waals surface area contributed by atoms with E-state index in [0.717, 1.165) is 21.7 Å². The molecule has 27 heavy (non-hydrogen) atoms. The van der Waals surface area contributed by atoms with Crippen LogP contribution in [0.15, 0.2) is 48.5 Å². The Balaban J connectivity index is 2.35. The minimum absolute atomic E-state index is 0.184. The van der Waals surface area contributed by atoms with Gasteiger partial charge in [-0.3, -0.25) is 4.79 Å². The van der Waals surface area contributed by atoms with Gasteiger partial charge in [0.1, 0.15) is 6.04 Å². The number of carbonyl (C=O) groups is 1. The van der Waals surface area contributed by atoms with Crippen molar-refractivity contribution in [3.63, 3.8) is 0 Å². The van der Waals surface area contributed by atoms with Crippen LogP contribution in [0.2, 0.25) is 0 Å². The van der Waals surface area contributed by atoms with Crippen molar-refractivity contribution in [2.45, 2.75) is 39.3 Å². The first-order chi connectivity index (χ1) is 12.6. The van der Waals surface area contributed by atoms with Crippen LogP contribution in [-0.2, 0) is 14.8 Å². The first-order valence-electron chi connectivity index (χ1n) is 9.00. The molecule has 2 rings (SSSR count). The highest BCUT2D eigenvalue weighted by Gasteiger charge is 2.31. The summed E-state index contributed by atoms with van der Waals surface area (Å²) in [6, 6.07) is 14.0. The quantitative estimate of drug-likeness (QED) is 0.789. The van der Waals surface area contributed by atoms with Crippen LogP contribution in [0.3, 0.4) is 0 Å². The molecule has 0 aliphatic carbocycles. The molecule has 0 saturated heterocycles. The van der Waals surface area contributed by atoms with Gasteiger partial charge < -0.3 is 5.32 Å². The number of aryl methyl sites for hydroxylation is 2. The third-order valence-electron chi connectivity index (χ3n) is 4.91. The number of hydrogen-bond donors (Lipinski definition) is 1. The van der Waals surface area contributed by atoms with Crippen molar-refractivity contribution in [2.75, 3.05) is 13.3 Å². The number of rotatable bonds is 7. The van der Waals surface area contributed by atoms with Gasteiger partial charge in [-0.2, -0.15) is 4.31 Å². The molecule has 2 aromatic carbocycles.